The van der Waals surface area contributed by atoms with Gasteiger partial charge in [-0.25, -0.2) is 0 Å². The molecule has 0 aliphatic rings. The van der Waals surface area contributed by atoms with Gasteiger partial charge in [0.05, 0.1) is 17.6 Å². The molecule has 0 bridgehead atoms. The summed E-state index contributed by atoms with van der Waals surface area (Å²) in [5, 5.41) is 4.07. The maximum absolute atomic E-state index is 4.12. The normalized spacial score (nSPS) is 10.4. The van der Waals surface area contributed by atoms with Crippen molar-refractivity contribution in [2.45, 2.75) is 0 Å². The van der Waals surface area contributed by atoms with Gasteiger partial charge in [0.15, 0.2) is 0 Å². The van der Waals surface area contributed by atoms with Crippen molar-refractivity contribution < 1.29 is 0 Å². The van der Waals surface area contributed by atoms with E-state index >= 15 is 0 Å². The first kappa shape index (κ1) is 9.40. The Kier molecular flexibility index (Phi) is 3.07. The molecule has 1 heterocycles. The van der Waals surface area contributed by atoms with Crippen LogP contribution >= 0.6 is 0 Å². The van der Waals surface area contributed by atoms with E-state index in [-0.39, 0.29) is 0 Å². The second-order valence-corrected chi connectivity index (χ2v) is 2.99. The SMILES string of the molecule is C(=NNc1ccccc1)c1ccccn1. The van der Waals surface area contributed by atoms with Crippen LogP contribution in [0.1, 0.15) is 5.69 Å². The molecule has 1 aromatic carbocycles. The van der Waals surface area contributed by atoms with Crippen molar-refractivity contribution in [2.75, 3.05) is 5.43 Å². The lowest BCUT2D eigenvalue weighted by Crippen LogP contribution is -1.91. The van der Waals surface area contributed by atoms with Gasteiger partial charge >= 0.3 is 0 Å². The Morgan fingerprint density at radius 2 is 1.80 bits per heavy atom. The van der Waals surface area contributed by atoms with Crippen LogP contribution in [0.15, 0.2) is 59.8 Å². The van der Waals surface area contributed by atoms with Crippen LogP contribution in [-0.4, -0.2) is 11.2 Å². The van der Waals surface area contributed by atoms with Crippen LogP contribution < -0.4 is 5.43 Å². The summed E-state index contributed by atoms with van der Waals surface area (Å²) < 4.78 is 0. The van der Waals surface area contributed by atoms with Crippen molar-refractivity contribution in [3.05, 3.63) is 60.4 Å². The molecule has 0 saturated heterocycles. The van der Waals surface area contributed by atoms with E-state index in [2.05, 4.69) is 15.5 Å². The van der Waals surface area contributed by atoms with E-state index < -0.39 is 0 Å². The van der Waals surface area contributed by atoms with Gasteiger partial charge < -0.3 is 0 Å². The van der Waals surface area contributed by atoms with Crippen molar-refractivity contribution in [3.63, 3.8) is 0 Å². The molecule has 0 unspecified atom stereocenters. The Balaban J connectivity index is 1.97. The molecule has 1 aromatic heterocycles. The third kappa shape index (κ3) is 2.91. The van der Waals surface area contributed by atoms with Gasteiger partial charge in [0.1, 0.15) is 0 Å². The predicted octanol–water partition coefficient (Wildman–Crippen LogP) is 2.53. The van der Waals surface area contributed by atoms with E-state index in [0.717, 1.165) is 11.4 Å². The molecule has 15 heavy (non-hydrogen) atoms. The van der Waals surface area contributed by atoms with Gasteiger partial charge in [0.25, 0.3) is 0 Å². The first-order valence-electron chi connectivity index (χ1n) is 4.70. The molecule has 0 aliphatic heterocycles. The summed E-state index contributed by atoms with van der Waals surface area (Å²) in [4.78, 5) is 4.12. The molecule has 3 heteroatoms. The molecule has 1 N–H and O–H groups in total. The fourth-order valence-electron chi connectivity index (χ4n) is 1.14. The fraction of sp³-hybridized carbons (Fsp3) is 0. The van der Waals surface area contributed by atoms with Crippen LogP contribution in [0.5, 0.6) is 0 Å². The second-order valence-electron chi connectivity index (χ2n) is 2.99. The monoisotopic (exact) mass is 197 g/mol. The van der Waals surface area contributed by atoms with Crippen molar-refractivity contribution in [2.24, 2.45) is 5.10 Å². The number of aromatic nitrogens is 1. The zero-order valence-electron chi connectivity index (χ0n) is 8.17. The van der Waals surface area contributed by atoms with Gasteiger partial charge in [-0.1, -0.05) is 24.3 Å². The van der Waals surface area contributed by atoms with Crippen LogP contribution in [0, 0.1) is 0 Å². The second kappa shape index (κ2) is 4.91. The largest absolute Gasteiger partial charge is 0.278 e. The molecular weight excluding hydrogens is 186 g/mol. The van der Waals surface area contributed by atoms with E-state index in [4.69, 9.17) is 0 Å². The number of pyridine rings is 1. The van der Waals surface area contributed by atoms with Gasteiger partial charge in [0, 0.05) is 6.20 Å². The van der Waals surface area contributed by atoms with Crippen LogP contribution in [-0.2, 0) is 0 Å². The van der Waals surface area contributed by atoms with E-state index in [9.17, 15) is 0 Å². The van der Waals surface area contributed by atoms with Crippen LogP contribution in [0.4, 0.5) is 5.69 Å². The minimum Gasteiger partial charge on any atom is -0.278 e. The van der Waals surface area contributed by atoms with Crippen molar-refractivity contribution >= 4 is 11.9 Å². The summed E-state index contributed by atoms with van der Waals surface area (Å²) in [6.07, 6.45) is 3.43. The third-order valence-electron chi connectivity index (χ3n) is 1.85. The Hall–Kier alpha value is -2.16. The van der Waals surface area contributed by atoms with Crippen molar-refractivity contribution in [3.8, 4) is 0 Å². The molecular formula is C12H11N3. The number of hydrogen-bond donors (Lipinski definition) is 1. The Morgan fingerprint density at radius 1 is 1.00 bits per heavy atom. The van der Waals surface area contributed by atoms with E-state index in [1.165, 1.54) is 0 Å². The Labute approximate surface area is 88.5 Å². The summed E-state index contributed by atoms with van der Waals surface area (Å²) in [5.74, 6) is 0. The highest BCUT2D eigenvalue weighted by Crippen LogP contribution is 2.04. The summed E-state index contributed by atoms with van der Waals surface area (Å²) in [7, 11) is 0. The Morgan fingerprint density at radius 3 is 2.53 bits per heavy atom. The molecule has 0 amide bonds. The molecule has 0 radical (unpaired) electrons. The highest BCUT2D eigenvalue weighted by molar-refractivity contribution is 5.77. The van der Waals surface area contributed by atoms with E-state index in [1.54, 1.807) is 12.4 Å². The zero-order chi connectivity index (χ0) is 10.3. The lowest BCUT2D eigenvalue weighted by atomic mass is 10.3. The van der Waals surface area contributed by atoms with Crippen molar-refractivity contribution in [1.82, 2.24) is 4.98 Å². The van der Waals surface area contributed by atoms with Gasteiger partial charge in [-0.2, -0.15) is 5.10 Å². The highest BCUT2D eigenvalue weighted by atomic mass is 15.3. The zero-order valence-corrected chi connectivity index (χ0v) is 8.17. The van der Waals surface area contributed by atoms with Gasteiger partial charge in [-0.3, -0.25) is 10.4 Å². The molecule has 0 spiro atoms. The minimum atomic E-state index is 0.834. The van der Waals surface area contributed by atoms with Crippen LogP contribution in [0.3, 0.4) is 0 Å². The topological polar surface area (TPSA) is 37.3 Å². The number of nitrogens with zero attached hydrogens (tertiary/aromatic N) is 2. The summed E-state index contributed by atoms with van der Waals surface area (Å²) in [6.45, 7) is 0. The molecule has 2 rings (SSSR count). The molecule has 0 saturated carbocycles. The van der Waals surface area contributed by atoms with Crippen molar-refractivity contribution in [1.29, 1.82) is 0 Å². The van der Waals surface area contributed by atoms with Crippen LogP contribution in [0.2, 0.25) is 0 Å². The first-order chi connectivity index (χ1) is 7.45. The summed E-state index contributed by atoms with van der Waals surface area (Å²) in [5.41, 5.74) is 4.72. The molecule has 0 fully saturated rings. The average molecular weight is 197 g/mol. The molecule has 3 nitrogen and oxygen atoms in total. The number of hydrazone groups is 1. The van der Waals surface area contributed by atoms with E-state index in [0.29, 0.717) is 0 Å². The van der Waals surface area contributed by atoms with Gasteiger partial charge in [-0.05, 0) is 24.3 Å². The number of benzene rings is 1. The van der Waals surface area contributed by atoms with Gasteiger partial charge in [-0.15, -0.1) is 0 Å². The standard InChI is InChI=1S/C12H11N3/c1-2-6-11(7-3-1)15-14-10-12-8-4-5-9-13-12/h1-10,15H. The minimum absolute atomic E-state index is 0.834. The number of anilines is 1. The third-order valence-corrected chi connectivity index (χ3v) is 1.85. The fourth-order valence-corrected chi connectivity index (χ4v) is 1.14. The number of hydrogen-bond acceptors (Lipinski definition) is 3. The maximum atomic E-state index is 4.12. The quantitative estimate of drug-likeness (QED) is 0.606. The molecule has 2 aromatic rings. The first-order valence-corrected chi connectivity index (χ1v) is 4.70. The molecule has 0 aliphatic carbocycles. The molecule has 0 atom stereocenters. The lowest BCUT2D eigenvalue weighted by molar-refractivity contribution is 1.28. The summed E-state index contributed by atoms with van der Waals surface area (Å²) in [6, 6.07) is 15.5. The van der Waals surface area contributed by atoms with Crippen LogP contribution in [0.25, 0.3) is 0 Å². The number of para-hydroxylation sites is 1. The Bertz CT molecular complexity index is 423. The predicted molar refractivity (Wildman–Crippen MR) is 61.9 cm³/mol. The average Bonchev–Trinajstić information content (AvgIpc) is 2.32. The van der Waals surface area contributed by atoms with E-state index in [1.807, 2.05) is 48.5 Å². The van der Waals surface area contributed by atoms with Gasteiger partial charge in [0.2, 0.25) is 0 Å². The lowest BCUT2D eigenvalue weighted by Gasteiger charge is -1.97. The highest BCUT2D eigenvalue weighted by Gasteiger charge is 1.86. The number of nitrogens with one attached hydrogen (secondary N) is 1. The smallest absolute Gasteiger partial charge is 0.0830 e. The number of rotatable bonds is 3. The summed E-state index contributed by atoms with van der Waals surface area (Å²) >= 11 is 0. The molecule has 74 valence electrons. The maximum Gasteiger partial charge on any atom is 0.0830 e.